The minimum Gasteiger partial charge on any atom is -0.375 e. The number of aromatic nitrogens is 1. The van der Waals surface area contributed by atoms with E-state index >= 15 is 0 Å². The van der Waals surface area contributed by atoms with E-state index < -0.39 is 0 Å². The third kappa shape index (κ3) is 1.98. The van der Waals surface area contributed by atoms with Gasteiger partial charge in [-0.1, -0.05) is 17.7 Å². The van der Waals surface area contributed by atoms with Gasteiger partial charge in [0, 0.05) is 15.5 Å². The van der Waals surface area contributed by atoms with Crippen molar-refractivity contribution in [3.63, 3.8) is 0 Å². The second kappa shape index (κ2) is 3.83. The van der Waals surface area contributed by atoms with Crippen molar-refractivity contribution in [1.82, 2.24) is 4.98 Å². The summed E-state index contributed by atoms with van der Waals surface area (Å²) in [6, 6.07) is 5.80. The van der Waals surface area contributed by atoms with Crippen LogP contribution in [-0.4, -0.2) is 4.98 Å². The van der Waals surface area contributed by atoms with E-state index in [0.717, 1.165) is 26.7 Å². The summed E-state index contributed by atoms with van der Waals surface area (Å²) in [6.07, 6.45) is 0. The lowest BCUT2D eigenvalue weighted by atomic mass is 10.1. The van der Waals surface area contributed by atoms with E-state index in [9.17, 15) is 0 Å². The van der Waals surface area contributed by atoms with Crippen molar-refractivity contribution in [3.05, 3.63) is 33.7 Å². The fourth-order valence-electron chi connectivity index (χ4n) is 1.52. The number of anilines is 1. The molecule has 0 fully saturated rings. The first-order chi connectivity index (χ1) is 7.08. The number of rotatable bonds is 1. The van der Waals surface area contributed by atoms with E-state index in [1.807, 2.05) is 32.0 Å². The van der Waals surface area contributed by atoms with Crippen LogP contribution >= 0.6 is 22.9 Å². The average Bonchev–Trinajstić information content (AvgIpc) is 2.50. The van der Waals surface area contributed by atoms with Gasteiger partial charge in [-0.2, -0.15) is 0 Å². The molecule has 2 N–H and O–H groups in total. The van der Waals surface area contributed by atoms with Crippen LogP contribution in [0.5, 0.6) is 0 Å². The molecule has 0 aliphatic carbocycles. The lowest BCUT2D eigenvalue weighted by Crippen LogP contribution is -1.87. The molecule has 1 heterocycles. The monoisotopic (exact) mass is 238 g/mol. The molecule has 2 nitrogen and oxygen atoms in total. The Morgan fingerprint density at radius 1 is 1.33 bits per heavy atom. The predicted molar refractivity (Wildman–Crippen MR) is 66.4 cm³/mol. The van der Waals surface area contributed by atoms with Crippen LogP contribution in [0.25, 0.3) is 11.3 Å². The van der Waals surface area contributed by atoms with Crippen molar-refractivity contribution in [3.8, 4) is 11.3 Å². The predicted octanol–water partition coefficient (Wildman–Crippen LogP) is 3.66. The quantitative estimate of drug-likeness (QED) is 0.824. The Kier molecular flexibility index (Phi) is 2.67. The Morgan fingerprint density at radius 3 is 2.67 bits per heavy atom. The maximum Gasteiger partial charge on any atom is 0.180 e. The van der Waals surface area contributed by atoms with E-state index in [4.69, 9.17) is 17.3 Å². The summed E-state index contributed by atoms with van der Waals surface area (Å²) < 4.78 is 0. The zero-order valence-corrected chi connectivity index (χ0v) is 10.1. The topological polar surface area (TPSA) is 38.9 Å². The normalized spacial score (nSPS) is 10.6. The first-order valence-corrected chi connectivity index (χ1v) is 5.77. The number of nitrogens with two attached hydrogens (primary N) is 1. The van der Waals surface area contributed by atoms with Gasteiger partial charge in [-0.3, -0.25) is 0 Å². The zero-order valence-electron chi connectivity index (χ0n) is 8.54. The van der Waals surface area contributed by atoms with Crippen LogP contribution in [-0.2, 0) is 0 Å². The van der Waals surface area contributed by atoms with E-state index in [0.29, 0.717) is 5.13 Å². The Labute approximate surface area is 97.7 Å². The van der Waals surface area contributed by atoms with Crippen molar-refractivity contribution >= 4 is 28.1 Å². The van der Waals surface area contributed by atoms with Crippen molar-refractivity contribution in [2.75, 3.05) is 5.73 Å². The molecule has 0 aliphatic heterocycles. The molecule has 15 heavy (non-hydrogen) atoms. The number of nitrogens with zero attached hydrogens (tertiary/aromatic N) is 1. The van der Waals surface area contributed by atoms with Crippen LogP contribution < -0.4 is 5.73 Å². The molecule has 0 spiro atoms. The maximum atomic E-state index is 5.97. The Hall–Kier alpha value is -1.06. The number of aryl methyl sites for hydroxylation is 2. The molecule has 4 heteroatoms. The van der Waals surface area contributed by atoms with Crippen LogP contribution in [0.3, 0.4) is 0 Å². The Morgan fingerprint density at radius 2 is 2.07 bits per heavy atom. The van der Waals surface area contributed by atoms with Crippen molar-refractivity contribution in [2.24, 2.45) is 0 Å². The third-order valence-electron chi connectivity index (χ3n) is 2.27. The summed E-state index contributed by atoms with van der Waals surface area (Å²) in [6.45, 7) is 4.06. The Bertz CT molecular complexity index is 505. The van der Waals surface area contributed by atoms with Gasteiger partial charge < -0.3 is 5.73 Å². The molecule has 2 rings (SSSR count). The van der Waals surface area contributed by atoms with E-state index in [-0.39, 0.29) is 0 Å². The molecule has 0 bridgehead atoms. The molecule has 1 aromatic heterocycles. The van der Waals surface area contributed by atoms with E-state index in [2.05, 4.69) is 4.98 Å². The van der Waals surface area contributed by atoms with Gasteiger partial charge in [0.2, 0.25) is 0 Å². The van der Waals surface area contributed by atoms with Crippen molar-refractivity contribution < 1.29 is 0 Å². The van der Waals surface area contributed by atoms with Crippen LogP contribution in [0.2, 0.25) is 5.02 Å². The lowest BCUT2D eigenvalue weighted by molar-refractivity contribution is 1.35. The summed E-state index contributed by atoms with van der Waals surface area (Å²) in [5.41, 5.74) is 8.84. The molecular weight excluding hydrogens is 228 g/mol. The minimum absolute atomic E-state index is 0.599. The van der Waals surface area contributed by atoms with Crippen LogP contribution in [0.15, 0.2) is 18.2 Å². The van der Waals surface area contributed by atoms with Gasteiger partial charge in [0.1, 0.15) is 0 Å². The molecule has 0 atom stereocenters. The zero-order chi connectivity index (χ0) is 11.0. The SMILES string of the molecule is Cc1ccc(Cl)cc1-c1nc(N)sc1C. The van der Waals surface area contributed by atoms with Gasteiger partial charge in [0.25, 0.3) is 0 Å². The Balaban J connectivity index is 2.62. The number of hydrogen-bond acceptors (Lipinski definition) is 3. The van der Waals surface area contributed by atoms with Crippen LogP contribution in [0, 0.1) is 13.8 Å². The summed E-state index contributed by atoms with van der Waals surface area (Å²) in [4.78, 5) is 5.44. The largest absolute Gasteiger partial charge is 0.375 e. The summed E-state index contributed by atoms with van der Waals surface area (Å²) >= 11 is 7.47. The molecule has 2 aromatic rings. The number of thiazole rings is 1. The smallest absolute Gasteiger partial charge is 0.180 e. The highest BCUT2D eigenvalue weighted by Gasteiger charge is 2.10. The molecule has 78 valence electrons. The number of hydrogen-bond donors (Lipinski definition) is 1. The second-order valence-electron chi connectivity index (χ2n) is 3.42. The highest BCUT2D eigenvalue weighted by molar-refractivity contribution is 7.15. The van der Waals surface area contributed by atoms with Crippen LogP contribution in [0.4, 0.5) is 5.13 Å². The second-order valence-corrected chi connectivity index (χ2v) is 5.09. The highest BCUT2D eigenvalue weighted by Crippen LogP contribution is 2.32. The molecule has 1 aromatic carbocycles. The summed E-state index contributed by atoms with van der Waals surface area (Å²) in [5, 5.41) is 1.32. The number of benzene rings is 1. The van der Waals surface area contributed by atoms with Crippen LogP contribution in [0.1, 0.15) is 10.4 Å². The van der Waals surface area contributed by atoms with Gasteiger partial charge in [0.05, 0.1) is 5.69 Å². The number of nitrogen functional groups attached to an aromatic ring is 1. The first-order valence-electron chi connectivity index (χ1n) is 4.57. The van der Waals surface area contributed by atoms with E-state index in [1.54, 1.807) is 0 Å². The summed E-state index contributed by atoms with van der Waals surface area (Å²) in [7, 11) is 0. The summed E-state index contributed by atoms with van der Waals surface area (Å²) in [5.74, 6) is 0. The van der Waals surface area contributed by atoms with Crippen molar-refractivity contribution in [2.45, 2.75) is 13.8 Å². The fourth-order valence-corrected chi connectivity index (χ4v) is 2.39. The van der Waals surface area contributed by atoms with Gasteiger partial charge in [-0.15, -0.1) is 11.3 Å². The van der Waals surface area contributed by atoms with Gasteiger partial charge in [-0.25, -0.2) is 4.98 Å². The standard InChI is InChI=1S/C11H11ClN2S/c1-6-3-4-8(12)5-9(6)10-7(2)15-11(13)14-10/h3-5H,1-2H3,(H2,13,14). The van der Waals surface area contributed by atoms with Gasteiger partial charge in [-0.05, 0) is 31.5 Å². The third-order valence-corrected chi connectivity index (χ3v) is 3.30. The first kappa shape index (κ1) is 10.5. The molecule has 0 aliphatic rings. The molecule has 0 saturated heterocycles. The van der Waals surface area contributed by atoms with Crippen molar-refractivity contribution in [1.29, 1.82) is 0 Å². The minimum atomic E-state index is 0.599. The molecular formula is C11H11ClN2S. The molecule has 0 unspecified atom stereocenters. The molecule has 0 radical (unpaired) electrons. The molecule has 0 amide bonds. The fraction of sp³-hybridized carbons (Fsp3) is 0.182. The average molecular weight is 239 g/mol. The van der Waals surface area contributed by atoms with Gasteiger partial charge >= 0.3 is 0 Å². The van der Waals surface area contributed by atoms with E-state index in [1.165, 1.54) is 11.3 Å². The lowest BCUT2D eigenvalue weighted by Gasteiger charge is -2.04. The highest BCUT2D eigenvalue weighted by atomic mass is 35.5. The van der Waals surface area contributed by atoms with Gasteiger partial charge in [0.15, 0.2) is 5.13 Å². The molecule has 0 saturated carbocycles. The maximum absolute atomic E-state index is 5.97. The number of halogens is 1.